The lowest BCUT2D eigenvalue weighted by Gasteiger charge is -2.11. The molecule has 1 heterocycles. The molecule has 2 aromatic carbocycles. The van der Waals surface area contributed by atoms with Crippen LogP contribution in [0.3, 0.4) is 0 Å². The van der Waals surface area contributed by atoms with Crippen LogP contribution in [-0.4, -0.2) is 29.7 Å². The summed E-state index contributed by atoms with van der Waals surface area (Å²) in [6, 6.07) is 12.8. The summed E-state index contributed by atoms with van der Waals surface area (Å²) in [6.07, 6.45) is 1.39. The van der Waals surface area contributed by atoms with E-state index in [0.29, 0.717) is 28.2 Å². The number of carbonyl (C=O) groups excluding carboxylic acids is 1. The number of hydrogen-bond donors (Lipinski definition) is 1. The Labute approximate surface area is 179 Å². The van der Waals surface area contributed by atoms with Gasteiger partial charge in [0.2, 0.25) is 11.5 Å². The molecule has 0 aliphatic rings. The monoisotopic (exact) mass is 420 g/mol. The number of carbonyl (C=O) groups is 1. The number of nitrogens with zero attached hydrogens (tertiary/aromatic N) is 2. The topological polar surface area (TPSA) is 84.5 Å². The van der Waals surface area contributed by atoms with E-state index < -0.39 is 11.6 Å². The lowest BCUT2D eigenvalue weighted by molar-refractivity contribution is 0.103. The molecule has 3 rings (SSSR count). The molecule has 1 aromatic heterocycles. The van der Waals surface area contributed by atoms with Crippen molar-refractivity contribution in [3.8, 4) is 29.0 Å². The normalized spacial score (nSPS) is 11.2. The Bertz CT molecular complexity index is 1210. The van der Waals surface area contributed by atoms with Crippen LogP contribution in [0.2, 0.25) is 0 Å². The summed E-state index contributed by atoms with van der Waals surface area (Å²) in [5.74, 6) is -0.798. The first kappa shape index (κ1) is 21.7. The van der Waals surface area contributed by atoms with Gasteiger partial charge in [0.25, 0.3) is 0 Å². The van der Waals surface area contributed by atoms with Gasteiger partial charge in [0.1, 0.15) is 17.5 Å². The van der Waals surface area contributed by atoms with E-state index in [1.807, 2.05) is 6.07 Å². The van der Waals surface area contributed by atoms with Crippen molar-refractivity contribution >= 4 is 11.9 Å². The number of halogens is 1. The molecule has 0 aliphatic heterocycles. The number of nitriles is 1. The highest BCUT2D eigenvalue weighted by molar-refractivity contribution is 6.15. The van der Waals surface area contributed by atoms with Crippen molar-refractivity contribution in [3.63, 3.8) is 0 Å². The van der Waals surface area contributed by atoms with Gasteiger partial charge in [-0.05, 0) is 55.8 Å². The molecule has 0 bridgehead atoms. The van der Waals surface area contributed by atoms with Crippen molar-refractivity contribution in [2.45, 2.75) is 13.8 Å². The number of allylic oxidation sites excluding steroid dienone is 1. The van der Waals surface area contributed by atoms with E-state index in [2.05, 4.69) is 0 Å². The fraction of sp³-hybridized carbons (Fsp3) is 0.167. The molecule has 1 N–H and O–H groups in total. The third kappa shape index (κ3) is 4.01. The number of ketones is 1. The van der Waals surface area contributed by atoms with Crippen LogP contribution < -0.4 is 9.47 Å². The molecule has 158 valence electrons. The van der Waals surface area contributed by atoms with Gasteiger partial charge in [-0.1, -0.05) is 12.1 Å². The van der Waals surface area contributed by atoms with E-state index in [1.165, 1.54) is 38.5 Å². The zero-order valence-corrected chi connectivity index (χ0v) is 17.6. The Morgan fingerprint density at radius 1 is 1.13 bits per heavy atom. The molecular formula is C24H21FN2O4. The summed E-state index contributed by atoms with van der Waals surface area (Å²) in [7, 11) is 2.77. The van der Waals surface area contributed by atoms with Gasteiger partial charge in [-0.15, -0.1) is 0 Å². The molecule has 0 saturated carbocycles. The van der Waals surface area contributed by atoms with Gasteiger partial charge < -0.3 is 19.1 Å². The highest BCUT2D eigenvalue weighted by Gasteiger charge is 2.21. The molecule has 3 aromatic rings. The minimum absolute atomic E-state index is 0.122. The number of phenols is 1. The van der Waals surface area contributed by atoms with Crippen molar-refractivity contribution in [1.29, 1.82) is 5.26 Å². The third-order valence-corrected chi connectivity index (χ3v) is 4.95. The number of methoxy groups -OCH3 is 2. The average molecular weight is 420 g/mol. The predicted octanol–water partition coefficient (Wildman–Crippen LogP) is 4.75. The Hall–Kier alpha value is -4.05. The van der Waals surface area contributed by atoms with Gasteiger partial charge >= 0.3 is 0 Å². The quantitative estimate of drug-likeness (QED) is 0.354. The van der Waals surface area contributed by atoms with Crippen LogP contribution in [0.4, 0.5) is 4.39 Å². The third-order valence-electron chi connectivity index (χ3n) is 4.95. The van der Waals surface area contributed by atoms with Crippen molar-refractivity contribution in [2.75, 3.05) is 14.2 Å². The standard InChI is InChI=1S/C24H21FN2O4/c1-14-9-18(15(2)27(14)20-8-6-5-7-19(20)25)23(28)17(13-26)10-16-11-21(30-3)24(29)22(12-16)31-4/h5-12,29H,1-4H3/b17-10+. The zero-order chi connectivity index (χ0) is 22.7. The van der Waals surface area contributed by atoms with Crippen LogP contribution in [0.5, 0.6) is 17.2 Å². The van der Waals surface area contributed by atoms with Crippen molar-refractivity contribution < 1.29 is 23.8 Å². The highest BCUT2D eigenvalue weighted by Crippen LogP contribution is 2.37. The molecule has 0 fully saturated rings. The smallest absolute Gasteiger partial charge is 0.205 e. The summed E-state index contributed by atoms with van der Waals surface area (Å²) in [5, 5.41) is 19.7. The zero-order valence-electron chi connectivity index (χ0n) is 17.6. The molecule has 31 heavy (non-hydrogen) atoms. The molecular weight excluding hydrogens is 399 g/mol. The number of phenolic OH excluding ortho intramolecular Hbond substituents is 1. The summed E-state index contributed by atoms with van der Waals surface area (Å²) in [4.78, 5) is 13.1. The summed E-state index contributed by atoms with van der Waals surface area (Å²) < 4.78 is 26.2. The number of rotatable bonds is 6. The minimum atomic E-state index is -0.496. The van der Waals surface area contributed by atoms with Crippen LogP contribution in [0.25, 0.3) is 11.8 Å². The maximum atomic E-state index is 14.3. The van der Waals surface area contributed by atoms with Crippen LogP contribution in [0, 0.1) is 31.0 Å². The number of hydrogen-bond acceptors (Lipinski definition) is 5. The van der Waals surface area contributed by atoms with Crippen LogP contribution in [0.1, 0.15) is 27.3 Å². The fourth-order valence-corrected chi connectivity index (χ4v) is 3.45. The van der Waals surface area contributed by atoms with E-state index in [4.69, 9.17) is 9.47 Å². The number of Topliss-reactive ketones (excluding diaryl/α,β-unsaturated/α-hetero) is 1. The first-order valence-electron chi connectivity index (χ1n) is 9.37. The minimum Gasteiger partial charge on any atom is -0.502 e. The number of para-hydroxylation sites is 1. The largest absolute Gasteiger partial charge is 0.502 e. The Balaban J connectivity index is 2.08. The molecule has 0 spiro atoms. The van der Waals surface area contributed by atoms with Crippen molar-refractivity contribution in [1.82, 2.24) is 4.57 Å². The second-order valence-electron chi connectivity index (χ2n) is 6.84. The van der Waals surface area contributed by atoms with Gasteiger partial charge in [-0.25, -0.2) is 4.39 Å². The molecule has 6 nitrogen and oxygen atoms in total. The second-order valence-corrected chi connectivity index (χ2v) is 6.84. The molecule has 0 unspecified atom stereocenters. The summed E-state index contributed by atoms with van der Waals surface area (Å²) >= 11 is 0. The van der Waals surface area contributed by atoms with Gasteiger partial charge in [0, 0.05) is 17.0 Å². The summed E-state index contributed by atoms with van der Waals surface area (Å²) in [6.45, 7) is 3.47. The molecule has 0 aliphatic carbocycles. The van der Waals surface area contributed by atoms with Gasteiger partial charge in [-0.2, -0.15) is 5.26 Å². The first-order valence-corrected chi connectivity index (χ1v) is 9.37. The summed E-state index contributed by atoms with van der Waals surface area (Å²) in [5.41, 5.74) is 2.13. The SMILES string of the molecule is COc1cc(/C=C(\C#N)C(=O)c2cc(C)n(-c3ccccc3F)c2C)cc(OC)c1O. The number of aromatic nitrogens is 1. The highest BCUT2D eigenvalue weighted by atomic mass is 19.1. The van der Waals surface area contributed by atoms with E-state index in [0.717, 1.165) is 0 Å². The first-order chi connectivity index (χ1) is 14.8. The predicted molar refractivity (Wildman–Crippen MR) is 114 cm³/mol. The van der Waals surface area contributed by atoms with Crippen molar-refractivity contribution in [3.05, 3.63) is 76.4 Å². The fourth-order valence-electron chi connectivity index (χ4n) is 3.45. The molecule has 0 saturated heterocycles. The van der Waals surface area contributed by atoms with Crippen LogP contribution in [-0.2, 0) is 0 Å². The molecule has 0 radical (unpaired) electrons. The lowest BCUT2D eigenvalue weighted by Crippen LogP contribution is -2.06. The second kappa shape index (κ2) is 8.76. The van der Waals surface area contributed by atoms with E-state index in [1.54, 1.807) is 42.7 Å². The Kier molecular flexibility index (Phi) is 6.12. The Morgan fingerprint density at radius 3 is 2.29 bits per heavy atom. The molecule has 0 amide bonds. The van der Waals surface area contributed by atoms with Crippen molar-refractivity contribution in [2.24, 2.45) is 0 Å². The average Bonchev–Trinajstić information content (AvgIpc) is 3.06. The van der Waals surface area contributed by atoms with Gasteiger partial charge in [0.05, 0.1) is 19.9 Å². The maximum Gasteiger partial charge on any atom is 0.205 e. The number of benzene rings is 2. The molecule has 7 heteroatoms. The van der Waals surface area contributed by atoms with Crippen LogP contribution >= 0.6 is 0 Å². The number of ether oxygens (including phenoxy) is 2. The lowest BCUT2D eigenvalue weighted by atomic mass is 10.0. The van der Waals surface area contributed by atoms with E-state index in [-0.39, 0.29) is 22.8 Å². The number of aromatic hydroxyl groups is 1. The number of aryl methyl sites for hydroxylation is 1. The van der Waals surface area contributed by atoms with Crippen LogP contribution in [0.15, 0.2) is 48.0 Å². The van der Waals surface area contributed by atoms with Gasteiger partial charge in [-0.3, -0.25) is 4.79 Å². The molecule has 0 atom stereocenters. The maximum absolute atomic E-state index is 14.3. The van der Waals surface area contributed by atoms with E-state index in [9.17, 15) is 19.6 Å². The van der Waals surface area contributed by atoms with Gasteiger partial charge in [0.15, 0.2) is 11.5 Å². The van der Waals surface area contributed by atoms with E-state index >= 15 is 0 Å². The Morgan fingerprint density at radius 2 is 1.74 bits per heavy atom.